The van der Waals surface area contributed by atoms with Crippen LogP contribution in [0.3, 0.4) is 0 Å². The van der Waals surface area contributed by atoms with Crippen LogP contribution in [0.15, 0.2) is 5.38 Å². The largest absolute Gasteiger partial charge is 0.467 e. The van der Waals surface area contributed by atoms with Gasteiger partial charge in [0.2, 0.25) is 5.67 Å². The number of anilines is 1. The Balaban J connectivity index is 2.02. The van der Waals surface area contributed by atoms with Crippen LogP contribution in [-0.2, 0) is 9.53 Å². The molecule has 0 unspecified atom stereocenters. The molecule has 21 heavy (non-hydrogen) atoms. The van der Waals surface area contributed by atoms with Gasteiger partial charge in [0.1, 0.15) is 16.5 Å². The van der Waals surface area contributed by atoms with Crippen LogP contribution in [0.1, 0.15) is 17.8 Å². The molecule has 1 atom stereocenters. The van der Waals surface area contributed by atoms with E-state index in [4.69, 9.17) is 0 Å². The molecule has 0 saturated carbocycles. The normalized spacial score (nSPS) is 22.0. The van der Waals surface area contributed by atoms with Crippen LogP contribution >= 0.6 is 11.3 Å². The second-order valence-corrected chi connectivity index (χ2v) is 6.18. The number of thiophene rings is 1. The molecule has 1 aliphatic heterocycles. The average Bonchev–Trinajstić information content (AvgIpc) is 3.02. The van der Waals surface area contributed by atoms with E-state index < -0.39 is 11.6 Å². The predicted octanol–water partition coefficient (Wildman–Crippen LogP) is 2.40. The van der Waals surface area contributed by atoms with Gasteiger partial charge in [-0.05, 0) is 24.8 Å². The maximum atomic E-state index is 14.6. The molecule has 1 fully saturated rings. The first kappa shape index (κ1) is 14.2. The van der Waals surface area contributed by atoms with Crippen LogP contribution < -0.4 is 4.90 Å². The summed E-state index contributed by atoms with van der Waals surface area (Å²) in [6.07, 6.45) is 0.118. The Morgan fingerprint density at radius 1 is 1.48 bits per heavy atom. The molecule has 3 rings (SSSR count). The van der Waals surface area contributed by atoms with Gasteiger partial charge in [-0.2, -0.15) is 0 Å². The van der Waals surface area contributed by atoms with Gasteiger partial charge in [0.15, 0.2) is 0 Å². The molecule has 0 N–H and O–H groups in total. The third kappa shape index (κ3) is 2.25. The van der Waals surface area contributed by atoms with Crippen LogP contribution in [0, 0.1) is 13.8 Å². The number of rotatable bonds is 2. The summed E-state index contributed by atoms with van der Waals surface area (Å²) in [5.74, 6) is 0.544. The minimum atomic E-state index is -1.95. The number of ether oxygens (including phenoxy) is 1. The fourth-order valence-corrected chi connectivity index (χ4v) is 3.66. The van der Waals surface area contributed by atoms with E-state index in [0.717, 1.165) is 15.8 Å². The van der Waals surface area contributed by atoms with Gasteiger partial charge in [0, 0.05) is 13.0 Å². The highest BCUT2D eigenvalue weighted by Gasteiger charge is 2.47. The zero-order valence-electron chi connectivity index (χ0n) is 12.1. The van der Waals surface area contributed by atoms with E-state index >= 15 is 0 Å². The zero-order valence-corrected chi connectivity index (χ0v) is 13.0. The van der Waals surface area contributed by atoms with Gasteiger partial charge in [-0.3, -0.25) is 0 Å². The van der Waals surface area contributed by atoms with Crippen molar-refractivity contribution >= 4 is 33.3 Å². The molecule has 1 aliphatic rings. The maximum absolute atomic E-state index is 14.6. The first-order chi connectivity index (χ1) is 9.94. The summed E-state index contributed by atoms with van der Waals surface area (Å²) in [7, 11) is 1.21. The van der Waals surface area contributed by atoms with Gasteiger partial charge in [-0.1, -0.05) is 0 Å². The third-order valence-corrected chi connectivity index (χ3v) is 4.77. The molecule has 0 aromatic carbocycles. The Morgan fingerprint density at radius 2 is 2.24 bits per heavy atom. The topological polar surface area (TPSA) is 55.3 Å². The lowest BCUT2D eigenvalue weighted by Crippen LogP contribution is -2.38. The first-order valence-electron chi connectivity index (χ1n) is 6.69. The van der Waals surface area contributed by atoms with E-state index in [0.29, 0.717) is 18.2 Å². The molecule has 112 valence electrons. The zero-order chi connectivity index (χ0) is 15.2. The number of nitrogens with zero attached hydrogens (tertiary/aromatic N) is 3. The molecule has 2 aromatic rings. The number of carbonyl (C=O) groups is 1. The summed E-state index contributed by atoms with van der Waals surface area (Å²) >= 11 is 1.55. The molecule has 7 heteroatoms. The van der Waals surface area contributed by atoms with E-state index in [9.17, 15) is 9.18 Å². The number of halogens is 1. The van der Waals surface area contributed by atoms with Gasteiger partial charge >= 0.3 is 5.97 Å². The van der Waals surface area contributed by atoms with Gasteiger partial charge in [-0.25, -0.2) is 19.2 Å². The molecule has 2 aromatic heterocycles. The lowest BCUT2D eigenvalue weighted by molar-refractivity contribution is -0.153. The summed E-state index contributed by atoms with van der Waals surface area (Å²) in [5.41, 5.74) is -0.886. The molecular formula is C14H16FN3O2S. The van der Waals surface area contributed by atoms with Crippen LogP contribution in [0.25, 0.3) is 10.2 Å². The quantitative estimate of drug-likeness (QED) is 0.797. The van der Waals surface area contributed by atoms with E-state index in [1.807, 2.05) is 24.1 Å². The molecule has 1 saturated heterocycles. The van der Waals surface area contributed by atoms with Crippen molar-refractivity contribution in [3.8, 4) is 0 Å². The van der Waals surface area contributed by atoms with Crippen molar-refractivity contribution < 1.29 is 13.9 Å². The molecule has 0 radical (unpaired) electrons. The van der Waals surface area contributed by atoms with Crippen LogP contribution in [0.5, 0.6) is 0 Å². The fourth-order valence-electron chi connectivity index (χ4n) is 2.70. The Kier molecular flexibility index (Phi) is 3.32. The number of aromatic nitrogens is 2. The first-order valence-corrected chi connectivity index (χ1v) is 7.57. The number of hydrogen-bond donors (Lipinski definition) is 0. The number of methoxy groups -OCH3 is 1. The fraction of sp³-hybridized carbons (Fsp3) is 0.500. The minimum Gasteiger partial charge on any atom is -0.467 e. The molecule has 0 amide bonds. The number of esters is 1. The maximum Gasteiger partial charge on any atom is 0.345 e. The van der Waals surface area contributed by atoms with Gasteiger partial charge in [-0.15, -0.1) is 11.3 Å². The summed E-state index contributed by atoms with van der Waals surface area (Å²) in [4.78, 5) is 23.2. The summed E-state index contributed by atoms with van der Waals surface area (Å²) in [6, 6.07) is 0. The highest BCUT2D eigenvalue weighted by molar-refractivity contribution is 7.17. The van der Waals surface area contributed by atoms with Crippen molar-refractivity contribution in [1.29, 1.82) is 0 Å². The Bertz CT molecular complexity index is 718. The summed E-state index contributed by atoms with van der Waals surface area (Å²) < 4.78 is 19.2. The monoisotopic (exact) mass is 309 g/mol. The second kappa shape index (κ2) is 4.91. The van der Waals surface area contributed by atoms with Crippen LogP contribution in [0.4, 0.5) is 10.2 Å². The van der Waals surface area contributed by atoms with Crippen molar-refractivity contribution in [2.24, 2.45) is 0 Å². The van der Waals surface area contributed by atoms with E-state index in [-0.39, 0.29) is 13.0 Å². The Hall–Kier alpha value is -1.76. The molecule has 3 heterocycles. The van der Waals surface area contributed by atoms with Crippen molar-refractivity contribution in [2.45, 2.75) is 25.9 Å². The van der Waals surface area contributed by atoms with Crippen molar-refractivity contribution in [1.82, 2.24) is 9.97 Å². The van der Waals surface area contributed by atoms with Crippen molar-refractivity contribution in [2.75, 3.05) is 25.1 Å². The lowest BCUT2D eigenvalue weighted by atomic mass is 10.1. The van der Waals surface area contributed by atoms with Crippen molar-refractivity contribution in [3.63, 3.8) is 0 Å². The minimum absolute atomic E-state index is 0.0273. The number of fused-ring (bicyclic) bond motifs is 1. The summed E-state index contributed by atoms with van der Waals surface area (Å²) in [6.45, 7) is 4.21. The Labute approximate surface area is 125 Å². The van der Waals surface area contributed by atoms with Crippen LogP contribution in [0.2, 0.25) is 0 Å². The van der Waals surface area contributed by atoms with Crippen LogP contribution in [-0.4, -0.2) is 41.8 Å². The Morgan fingerprint density at radius 3 is 2.95 bits per heavy atom. The third-order valence-electron chi connectivity index (χ3n) is 3.78. The highest BCUT2D eigenvalue weighted by Crippen LogP contribution is 2.36. The van der Waals surface area contributed by atoms with Gasteiger partial charge in [0.25, 0.3) is 0 Å². The standard InChI is InChI=1S/C14H16FN3O2S/c1-8-6-21-12-10(8)11(16-9(2)17-12)18-5-4-14(15,7-18)13(19)20-3/h6H,4-5,7H2,1-3H3/t14-/m0/s1. The molecule has 0 bridgehead atoms. The highest BCUT2D eigenvalue weighted by atomic mass is 32.1. The average molecular weight is 309 g/mol. The van der Waals surface area contributed by atoms with Gasteiger partial charge < -0.3 is 9.64 Å². The number of aryl methyl sites for hydroxylation is 2. The molecule has 0 aliphatic carbocycles. The number of alkyl halides is 1. The number of hydrogen-bond acceptors (Lipinski definition) is 6. The van der Waals surface area contributed by atoms with Gasteiger partial charge in [0.05, 0.1) is 19.0 Å². The SMILES string of the molecule is COC(=O)[C@]1(F)CCN(c2nc(C)nc3scc(C)c23)C1. The lowest BCUT2D eigenvalue weighted by Gasteiger charge is -2.20. The van der Waals surface area contributed by atoms with Crippen molar-refractivity contribution in [3.05, 3.63) is 16.8 Å². The smallest absolute Gasteiger partial charge is 0.345 e. The number of carbonyl (C=O) groups excluding carboxylic acids is 1. The van der Waals surface area contributed by atoms with E-state index in [1.54, 1.807) is 11.3 Å². The van der Waals surface area contributed by atoms with E-state index in [2.05, 4.69) is 14.7 Å². The van der Waals surface area contributed by atoms with E-state index in [1.165, 1.54) is 7.11 Å². The molecule has 5 nitrogen and oxygen atoms in total. The molecular weight excluding hydrogens is 293 g/mol. The predicted molar refractivity (Wildman–Crippen MR) is 79.6 cm³/mol. The second-order valence-electron chi connectivity index (χ2n) is 5.32. The summed E-state index contributed by atoms with van der Waals surface area (Å²) in [5, 5.41) is 2.96. The molecule has 0 spiro atoms.